The van der Waals surface area contributed by atoms with E-state index in [1.807, 2.05) is 30.3 Å². The molecule has 130 valence electrons. The van der Waals surface area contributed by atoms with Crippen LogP contribution in [-0.4, -0.2) is 28.4 Å². The zero-order chi connectivity index (χ0) is 17.1. The maximum atomic E-state index is 12.1. The Morgan fingerprint density at radius 1 is 1.24 bits per heavy atom. The van der Waals surface area contributed by atoms with Crippen LogP contribution >= 0.6 is 0 Å². The maximum absolute atomic E-state index is 12.1. The van der Waals surface area contributed by atoms with Gasteiger partial charge in [0.05, 0.1) is 19.1 Å². The molecule has 1 aliphatic heterocycles. The first-order valence-corrected chi connectivity index (χ1v) is 8.51. The average Bonchev–Trinajstić information content (AvgIpc) is 3.12. The van der Waals surface area contributed by atoms with Gasteiger partial charge in [-0.1, -0.05) is 18.2 Å². The molecule has 0 amide bonds. The van der Waals surface area contributed by atoms with Gasteiger partial charge in [-0.3, -0.25) is 4.79 Å². The highest BCUT2D eigenvalue weighted by molar-refractivity contribution is 5.78. The van der Waals surface area contributed by atoms with Gasteiger partial charge in [-0.25, -0.2) is 0 Å². The molecule has 1 saturated heterocycles. The van der Waals surface area contributed by atoms with Crippen LogP contribution in [0, 0.1) is 0 Å². The molecule has 3 heterocycles. The minimum Gasteiger partial charge on any atom is -0.423 e. The lowest BCUT2D eigenvalue weighted by atomic mass is 10.0. The van der Waals surface area contributed by atoms with E-state index in [4.69, 9.17) is 9.15 Å². The highest BCUT2D eigenvalue weighted by Gasteiger charge is 2.21. The third-order valence-corrected chi connectivity index (χ3v) is 4.41. The van der Waals surface area contributed by atoms with Crippen LogP contribution in [0.1, 0.15) is 36.1 Å². The quantitative estimate of drug-likeness (QED) is 0.739. The van der Waals surface area contributed by atoms with E-state index < -0.39 is 0 Å². The number of hydrogen-bond donors (Lipinski definition) is 2. The minimum atomic E-state index is -0.0863. The Morgan fingerprint density at radius 3 is 3.04 bits per heavy atom. The Hall–Kier alpha value is -2.51. The van der Waals surface area contributed by atoms with Crippen LogP contribution in [-0.2, 0) is 17.8 Å². The van der Waals surface area contributed by atoms with Crippen molar-refractivity contribution in [1.82, 2.24) is 20.5 Å². The molecule has 0 saturated carbocycles. The molecule has 1 aromatic carbocycles. The highest BCUT2D eigenvalue weighted by Crippen LogP contribution is 2.24. The largest absolute Gasteiger partial charge is 0.423 e. The van der Waals surface area contributed by atoms with Crippen molar-refractivity contribution in [2.45, 2.75) is 31.8 Å². The Kier molecular flexibility index (Phi) is 4.58. The van der Waals surface area contributed by atoms with Crippen LogP contribution in [0.3, 0.4) is 0 Å². The summed E-state index contributed by atoms with van der Waals surface area (Å²) in [5.74, 6) is 1.36. The second kappa shape index (κ2) is 7.16. The number of aromatic amines is 1. The highest BCUT2D eigenvalue weighted by atomic mass is 16.5. The second-order valence-corrected chi connectivity index (χ2v) is 6.26. The van der Waals surface area contributed by atoms with Gasteiger partial charge in [-0.2, -0.15) is 0 Å². The molecule has 1 unspecified atom stereocenters. The number of pyridine rings is 1. The summed E-state index contributed by atoms with van der Waals surface area (Å²) in [6.45, 7) is 2.30. The summed E-state index contributed by atoms with van der Waals surface area (Å²) in [5.41, 5.74) is 1.43. The van der Waals surface area contributed by atoms with E-state index in [-0.39, 0.29) is 11.5 Å². The van der Waals surface area contributed by atoms with Crippen molar-refractivity contribution in [2.24, 2.45) is 0 Å². The first kappa shape index (κ1) is 16.0. The van der Waals surface area contributed by atoms with Gasteiger partial charge in [0.2, 0.25) is 11.8 Å². The molecule has 0 bridgehead atoms. The van der Waals surface area contributed by atoms with Crippen LogP contribution in [0.25, 0.3) is 10.9 Å². The molecular weight excluding hydrogens is 320 g/mol. The van der Waals surface area contributed by atoms with Gasteiger partial charge in [0.25, 0.3) is 5.56 Å². The molecule has 7 nitrogen and oxygen atoms in total. The molecule has 1 aliphatic rings. The lowest BCUT2D eigenvalue weighted by molar-refractivity contribution is 0.0721. The Balaban J connectivity index is 1.38. The number of para-hydroxylation sites is 1. The summed E-state index contributed by atoms with van der Waals surface area (Å²) in [4.78, 5) is 15.0. The number of aromatic nitrogens is 3. The number of hydrogen-bond acceptors (Lipinski definition) is 6. The van der Waals surface area contributed by atoms with Crippen LogP contribution in [0.4, 0.5) is 0 Å². The molecule has 25 heavy (non-hydrogen) atoms. The molecule has 0 spiro atoms. The van der Waals surface area contributed by atoms with Crippen molar-refractivity contribution in [3.8, 4) is 0 Å². The van der Waals surface area contributed by atoms with E-state index in [1.54, 1.807) is 0 Å². The van der Waals surface area contributed by atoms with Crippen LogP contribution < -0.4 is 10.9 Å². The number of H-pyrrole nitrogens is 1. The molecule has 7 heteroatoms. The van der Waals surface area contributed by atoms with E-state index in [0.29, 0.717) is 37.0 Å². The van der Waals surface area contributed by atoms with E-state index in [2.05, 4.69) is 20.5 Å². The van der Waals surface area contributed by atoms with Crippen molar-refractivity contribution in [2.75, 3.05) is 13.2 Å². The molecule has 1 fully saturated rings. The van der Waals surface area contributed by atoms with Crippen molar-refractivity contribution < 1.29 is 9.15 Å². The molecule has 2 N–H and O–H groups in total. The van der Waals surface area contributed by atoms with Crippen molar-refractivity contribution in [3.63, 3.8) is 0 Å². The maximum Gasteiger partial charge on any atom is 0.252 e. The number of fused-ring (bicyclic) bond motifs is 1. The van der Waals surface area contributed by atoms with E-state index in [0.717, 1.165) is 30.4 Å². The molecular formula is C18H20N4O3. The van der Waals surface area contributed by atoms with Gasteiger partial charge >= 0.3 is 0 Å². The summed E-state index contributed by atoms with van der Waals surface area (Å²) in [6.07, 6.45) is 2.03. The first-order chi connectivity index (χ1) is 12.3. The lowest BCUT2D eigenvalue weighted by Gasteiger charge is -2.18. The summed E-state index contributed by atoms with van der Waals surface area (Å²) in [6, 6.07) is 9.63. The average molecular weight is 340 g/mol. The van der Waals surface area contributed by atoms with Crippen LogP contribution in [0.2, 0.25) is 0 Å². The number of benzene rings is 1. The second-order valence-electron chi connectivity index (χ2n) is 6.26. The summed E-state index contributed by atoms with van der Waals surface area (Å²) in [5, 5.41) is 12.4. The lowest BCUT2D eigenvalue weighted by Crippen LogP contribution is -2.20. The molecule has 0 radical (unpaired) electrons. The third-order valence-electron chi connectivity index (χ3n) is 4.41. The Bertz CT molecular complexity index is 912. The predicted octanol–water partition coefficient (Wildman–Crippen LogP) is 2.09. The summed E-state index contributed by atoms with van der Waals surface area (Å²) >= 11 is 0. The smallest absolute Gasteiger partial charge is 0.252 e. The number of nitrogens with one attached hydrogen (secondary N) is 2. The van der Waals surface area contributed by atoms with E-state index in [1.165, 1.54) is 0 Å². The predicted molar refractivity (Wildman–Crippen MR) is 92.2 cm³/mol. The van der Waals surface area contributed by atoms with Gasteiger partial charge in [-0.05, 0) is 30.4 Å². The monoisotopic (exact) mass is 340 g/mol. The Morgan fingerprint density at radius 2 is 2.16 bits per heavy atom. The first-order valence-electron chi connectivity index (χ1n) is 8.51. The summed E-state index contributed by atoms with van der Waals surface area (Å²) < 4.78 is 11.2. The molecule has 1 atom stereocenters. The van der Waals surface area contributed by atoms with Gasteiger partial charge in [-0.15, -0.1) is 10.2 Å². The van der Waals surface area contributed by atoms with Crippen LogP contribution in [0.15, 0.2) is 39.5 Å². The van der Waals surface area contributed by atoms with Crippen molar-refractivity contribution >= 4 is 10.9 Å². The fourth-order valence-electron chi connectivity index (χ4n) is 3.07. The normalized spacial score (nSPS) is 17.8. The molecule has 0 aliphatic carbocycles. The van der Waals surface area contributed by atoms with Gasteiger partial charge in [0.15, 0.2) is 0 Å². The number of ether oxygens (including phenoxy) is 1. The third kappa shape index (κ3) is 3.62. The minimum absolute atomic E-state index is 0.0863. The zero-order valence-corrected chi connectivity index (χ0v) is 13.8. The molecule has 3 aromatic rings. The molecule has 4 rings (SSSR count). The van der Waals surface area contributed by atoms with Gasteiger partial charge in [0.1, 0.15) is 0 Å². The SMILES string of the molecule is O=c1[nH]c2ccccc2cc1CNCc1nnc(C2CCCOC2)o1. The number of nitrogens with zero attached hydrogens (tertiary/aromatic N) is 2. The van der Waals surface area contributed by atoms with Gasteiger partial charge < -0.3 is 19.5 Å². The number of rotatable bonds is 5. The fraction of sp³-hybridized carbons (Fsp3) is 0.389. The van der Waals surface area contributed by atoms with E-state index in [9.17, 15) is 4.79 Å². The van der Waals surface area contributed by atoms with E-state index >= 15 is 0 Å². The van der Waals surface area contributed by atoms with Gasteiger partial charge in [0, 0.05) is 24.2 Å². The van der Waals surface area contributed by atoms with Crippen LogP contribution in [0.5, 0.6) is 0 Å². The Labute approximate surface area is 144 Å². The zero-order valence-electron chi connectivity index (χ0n) is 13.8. The van der Waals surface area contributed by atoms with Crippen molar-refractivity contribution in [3.05, 3.63) is 58.0 Å². The topological polar surface area (TPSA) is 93.0 Å². The fourth-order valence-corrected chi connectivity index (χ4v) is 3.07. The molecule has 2 aromatic heterocycles. The van der Waals surface area contributed by atoms with Crippen molar-refractivity contribution in [1.29, 1.82) is 0 Å². The summed E-state index contributed by atoms with van der Waals surface area (Å²) in [7, 11) is 0. The standard InChI is InChI=1S/C18H20N4O3/c23-17-14(8-12-4-1-2-6-15(12)20-17)9-19-10-16-21-22-18(25-16)13-5-3-7-24-11-13/h1-2,4,6,8,13,19H,3,5,7,9-11H2,(H,20,23).